The largest absolute Gasteiger partial charge is 0.310 e. The smallest absolute Gasteiger partial charge is 0.0520 e. The Hall–Kier alpha value is -1.80. The van der Waals surface area contributed by atoms with E-state index < -0.39 is 0 Å². The van der Waals surface area contributed by atoms with E-state index >= 15 is 0 Å². The van der Waals surface area contributed by atoms with Crippen molar-refractivity contribution in [1.29, 1.82) is 0 Å². The van der Waals surface area contributed by atoms with E-state index in [1.807, 2.05) is 6.08 Å². The molecule has 0 heterocycles. The van der Waals surface area contributed by atoms with Gasteiger partial charge < -0.3 is 4.90 Å². The first-order valence-corrected chi connectivity index (χ1v) is 9.44. The number of rotatable bonds is 4. The third-order valence-electron chi connectivity index (χ3n) is 4.43. The molecule has 0 radical (unpaired) electrons. The summed E-state index contributed by atoms with van der Waals surface area (Å²) in [6, 6.07) is 13.0. The number of anilines is 2. The number of hydrogen-bond acceptors (Lipinski definition) is 1. The summed E-state index contributed by atoms with van der Waals surface area (Å²) in [5.41, 5.74) is 7.48. The summed E-state index contributed by atoms with van der Waals surface area (Å²) < 4.78 is 1.08. The number of nitrogens with zero attached hydrogens (tertiary/aromatic N) is 1. The van der Waals surface area contributed by atoms with Gasteiger partial charge in [0.15, 0.2) is 0 Å². The van der Waals surface area contributed by atoms with Gasteiger partial charge in [-0.1, -0.05) is 61.5 Å². The molecule has 0 N–H and O–H groups in total. The molecule has 0 aliphatic carbocycles. The molecule has 2 aromatic carbocycles. The second-order valence-electron chi connectivity index (χ2n) is 7.44. The first-order valence-electron chi connectivity index (χ1n) is 8.65. The molecular formula is C23H28BrN. The van der Waals surface area contributed by atoms with E-state index in [0.29, 0.717) is 0 Å². The molecule has 0 saturated heterocycles. The second kappa shape index (κ2) is 7.61. The van der Waals surface area contributed by atoms with Gasteiger partial charge >= 0.3 is 0 Å². The highest BCUT2D eigenvalue weighted by molar-refractivity contribution is 9.10. The predicted molar refractivity (Wildman–Crippen MR) is 115 cm³/mol. The lowest BCUT2D eigenvalue weighted by Crippen LogP contribution is -2.19. The van der Waals surface area contributed by atoms with Crippen LogP contribution in [0.3, 0.4) is 0 Å². The minimum Gasteiger partial charge on any atom is -0.310 e. The molecule has 2 aromatic rings. The zero-order chi connectivity index (χ0) is 18.8. The van der Waals surface area contributed by atoms with Crippen molar-refractivity contribution in [3.63, 3.8) is 0 Å². The van der Waals surface area contributed by atoms with Gasteiger partial charge in [0.05, 0.1) is 5.69 Å². The minimum atomic E-state index is 0.137. The molecule has 2 heteroatoms. The van der Waals surface area contributed by atoms with E-state index in [1.54, 1.807) is 0 Å². The molecular weight excluding hydrogens is 370 g/mol. The van der Waals surface area contributed by atoms with E-state index in [9.17, 15) is 0 Å². The number of hydrogen-bond donors (Lipinski definition) is 0. The second-order valence-corrected chi connectivity index (χ2v) is 8.35. The quantitative estimate of drug-likeness (QED) is 0.480. The van der Waals surface area contributed by atoms with Crippen LogP contribution in [0.1, 0.15) is 44.4 Å². The maximum atomic E-state index is 4.02. The lowest BCUT2D eigenvalue weighted by Gasteiger charge is -2.31. The SMILES string of the molecule is C=CC(=CC)N(c1ccc(Br)cc1)c1c(C)cc(C(C)(C)C)cc1C. The maximum absolute atomic E-state index is 4.02. The topological polar surface area (TPSA) is 3.24 Å². The highest BCUT2D eigenvalue weighted by atomic mass is 79.9. The van der Waals surface area contributed by atoms with Crippen LogP contribution in [-0.4, -0.2) is 0 Å². The van der Waals surface area contributed by atoms with Crippen LogP contribution in [0.2, 0.25) is 0 Å². The molecule has 0 fully saturated rings. The molecule has 2 rings (SSSR count). The number of halogens is 1. The van der Waals surface area contributed by atoms with Crippen LogP contribution in [0.4, 0.5) is 11.4 Å². The van der Waals surface area contributed by atoms with Crippen LogP contribution in [0, 0.1) is 13.8 Å². The summed E-state index contributed by atoms with van der Waals surface area (Å²) in [6.45, 7) is 17.2. The van der Waals surface area contributed by atoms with Crippen molar-refractivity contribution >= 4 is 27.3 Å². The molecule has 0 atom stereocenters. The Morgan fingerprint density at radius 1 is 1.04 bits per heavy atom. The van der Waals surface area contributed by atoms with Gasteiger partial charge in [-0.3, -0.25) is 0 Å². The Balaban J connectivity index is 2.70. The zero-order valence-electron chi connectivity index (χ0n) is 16.2. The van der Waals surface area contributed by atoms with Gasteiger partial charge in [0, 0.05) is 15.9 Å². The molecule has 132 valence electrons. The number of aryl methyl sites for hydroxylation is 2. The van der Waals surface area contributed by atoms with E-state index in [0.717, 1.165) is 15.9 Å². The highest BCUT2D eigenvalue weighted by Crippen LogP contribution is 2.38. The molecule has 0 aromatic heterocycles. The lowest BCUT2D eigenvalue weighted by molar-refractivity contribution is 0.589. The first-order chi connectivity index (χ1) is 11.7. The van der Waals surface area contributed by atoms with Crippen LogP contribution in [0.25, 0.3) is 0 Å². The Bertz CT molecular complexity index is 769. The number of allylic oxidation sites excluding steroid dienone is 2. The summed E-state index contributed by atoms with van der Waals surface area (Å²) in [6.07, 6.45) is 4.02. The predicted octanol–water partition coefficient (Wildman–Crippen LogP) is 7.59. The van der Waals surface area contributed by atoms with Crippen molar-refractivity contribution in [2.24, 2.45) is 0 Å². The van der Waals surface area contributed by atoms with E-state index in [1.165, 1.54) is 22.4 Å². The fourth-order valence-corrected chi connectivity index (χ4v) is 3.34. The van der Waals surface area contributed by atoms with Crippen LogP contribution in [0.5, 0.6) is 0 Å². The van der Waals surface area contributed by atoms with Crippen molar-refractivity contribution in [1.82, 2.24) is 0 Å². The van der Waals surface area contributed by atoms with Gasteiger partial charge in [-0.05, 0) is 73.2 Å². The monoisotopic (exact) mass is 397 g/mol. The summed E-state index contributed by atoms with van der Waals surface area (Å²) in [5.74, 6) is 0. The molecule has 0 aliphatic rings. The minimum absolute atomic E-state index is 0.137. The van der Waals surface area contributed by atoms with Gasteiger partial charge in [0.1, 0.15) is 0 Å². The fraction of sp³-hybridized carbons (Fsp3) is 0.304. The van der Waals surface area contributed by atoms with E-state index in [2.05, 4.69) is 111 Å². The Kier molecular flexibility index (Phi) is 5.95. The van der Waals surface area contributed by atoms with Gasteiger partial charge in [0.25, 0.3) is 0 Å². The molecule has 0 aliphatic heterocycles. The summed E-state index contributed by atoms with van der Waals surface area (Å²) in [5, 5.41) is 0. The summed E-state index contributed by atoms with van der Waals surface area (Å²) >= 11 is 3.53. The van der Waals surface area contributed by atoms with Crippen LogP contribution in [-0.2, 0) is 5.41 Å². The van der Waals surface area contributed by atoms with Crippen LogP contribution >= 0.6 is 15.9 Å². The summed E-state index contributed by atoms with van der Waals surface area (Å²) in [4.78, 5) is 2.29. The maximum Gasteiger partial charge on any atom is 0.0520 e. The average Bonchev–Trinajstić information content (AvgIpc) is 2.53. The zero-order valence-corrected chi connectivity index (χ0v) is 17.7. The van der Waals surface area contributed by atoms with Gasteiger partial charge in [-0.15, -0.1) is 0 Å². The van der Waals surface area contributed by atoms with Crippen molar-refractivity contribution in [3.8, 4) is 0 Å². The molecule has 1 nitrogen and oxygen atoms in total. The summed E-state index contributed by atoms with van der Waals surface area (Å²) in [7, 11) is 0. The highest BCUT2D eigenvalue weighted by Gasteiger charge is 2.21. The van der Waals surface area contributed by atoms with Crippen molar-refractivity contribution in [2.75, 3.05) is 4.90 Å². The lowest BCUT2D eigenvalue weighted by atomic mass is 9.84. The molecule has 0 spiro atoms. The van der Waals surface area contributed by atoms with Gasteiger partial charge in [-0.25, -0.2) is 0 Å². The molecule has 0 bridgehead atoms. The van der Waals surface area contributed by atoms with Crippen molar-refractivity contribution in [3.05, 3.63) is 82.0 Å². The standard InChI is InChI=1S/C23H28BrN/c1-8-20(9-2)25(21-12-10-19(24)11-13-21)22-16(3)14-18(15-17(22)4)23(5,6)7/h8-15H,1H2,2-7H3. The molecule has 0 unspecified atom stereocenters. The van der Waals surface area contributed by atoms with Gasteiger partial charge in [0.2, 0.25) is 0 Å². The van der Waals surface area contributed by atoms with Crippen LogP contribution < -0.4 is 4.90 Å². The molecule has 25 heavy (non-hydrogen) atoms. The van der Waals surface area contributed by atoms with Crippen LogP contribution in [0.15, 0.2) is 65.3 Å². The normalized spacial score (nSPS) is 12.2. The van der Waals surface area contributed by atoms with Gasteiger partial charge in [-0.2, -0.15) is 0 Å². The third kappa shape index (κ3) is 4.24. The van der Waals surface area contributed by atoms with E-state index in [-0.39, 0.29) is 5.41 Å². The number of benzene rings is 2. The van der Waals surface area contributed by atoms with Crippen molar-refractivity contribution < 1.29 is 0 Å². The Labute approximate surface area is 161 Å². The van der Waals surface area contributed by atoms with Crippen molar-refractivity contribution in [2.45, 2.75) is 47.0 Å². The molecule has 0 amide bonds. The first kappa shape index (κ1) is 19.5. The third-order valence-corrected chi connectivity index (χ3v) is 4.96. The Morgan fingerprint density at radius 3 is 1.96 bits per heavy atom. The molecule has 0 saturated carbocycles. The van der Waals surface area contributed by atoms with E-state index in [4.69, 9.17) is 0 Å². The Morgan fingerprint density at radius 2 is 1.56 bits per heavy atom. The average molecular weight is 398 g/mol. The fourth-order valence-electron chi connectivity index (χ4n) is 3.08.